The summed E-state index contributed by atoms with van der Waals surface area (Å²) in [4.78, 5) is 16.4. The van der Waals surface area contributed by atoms with E-state index in [1.807, 2.05) is 4.90 Å². The molecule has 0 aliphatic carbocycles. The predicted molar refractivity (Wildman–Crippen MR) is 66.7 cm³/mol. The van der Waals surface area contributed by atoms with Crippen molar-refractivity contribution in [2.45, 2.75) is 32.3 Å². The highest BCUT2D eigenvalue weighted by Gasteiger charge is 2.35. The molecular weight excluding hydrogens is 236 g/mol. The molecule has 0 saturated carbocycles. The molecule has 7 nitrogen and oxygen atoms in total. The van der Waals surface area contributed by atoms with Gasteiger partial charge in [0, 0.05) is 27.1 Å². The molecule has 18 heavy (non-hydrogen) atoms. The average molecular weight is 254 g/mol. The number of piperidine rings is 1. The molecule has 0 amide bonds. The summed E-state index contributed by atoms with van der Waals surface area (Å²) in [5.74, 6) is 0.951. The summed E-state index contributed by atoms with van der Waals surface area (Å²) in [6.45, 7) is 4.59. The lowest BCUT2D eigenvalue weighted by Crippen LogP contribution is -2.46. The van der Waals surface area contributed by atoms with Gasteiger partial charge < -0.3 is 20.1 Å². The van der Waals surface area contributed by atoms with E-state index in [1.165, 1.54) is 0 Å². The molecule has 1 aromatic heterocycles. The van der Waals surface area contributed by atoms with E-state index in [2.05, 4.69) is 4.98 Å². The fraction of sp³-hybridized carbons (Fsp3) is 0.727. The van der Waals surface area contributed by atoms with Gasteiger partial charge in [-0.05, 0) is 29.7 Å². The van der Waals surface area contributed by atoms with Crippen LogP contribution in [0.3, 0.4) is 0 Å². The number of imidazole rings is 1. The number of anilines is 1. The molecule has 7 heteroatoms. The van der Waals surface area contributed by atoms with Crippen LogP contribution in [-0.4, -0.2) is 38.3 Å². The first-order valence-corrected chi connectivity index (χ1v) is 5.97. The Bertz CT molecular complexity index is 481. The lowest BCUT2D eigenvalue weighted by Gasteiger charge is -2.37. The molecule has 1 aliphatic heterocycles. The number of nitro groups is 1. The molecule has 2 rings (SSSR count). The van der Waals surface area contributed by atoms with E-state index in [9.17, 15) is 15.2 Å². The summed E-state index contributed by atoms with van der Waals surface area (Å²) in [6.07, 6.45) is 1.53. The van der Waals surface area contributed by atoms with Gasteiger partial charge in [-0.25, -0.2) is 0 Å². The number of aromatic nitrogens is 2. The van der Waals surface area contributed by atoms with Gasteiger partial charge in [-0.15, -0.1) is 0 Å². The minimum absolute atomic E-state index is 0.132. The highest BCUT2D eigenvalue weighted by molar-refractivity contribution is 5.56. The number of aryl methyl sites for hydroxylation is 1. The Labute approximate surface area is 105 Å². The van der Waals surface area contributed by atoms with Crippen molar-refractivity contribution in [3.05, 3.63) is 15.9 Å². The van der Waals surface area contributed by atoms with Crippen LogP contribution >= 0.6 is 0 Å². The van der Waals surface area contributed by atoms with Crippen molar-refractivity contribution >= 4 is 11.6 Å². The third-order valence-corrected chi connectivity index (χ3v) is 3.42. The minimum atomic E-state index is -0.801. The van der Waals surface area contributed by atoms with Gasteiger partial charge in [-0.3, -0.25) is 4.57 Å². The number of β-amino-alcohol motifs (C(OH)–C–C–N with tert-alkyl or cyclic N) is 1. The molecule has 1 saturated heterocycles. The summed E-state index contributed by atoms with van der Waals surface area (Å²) < 4.78 is 1.71. The number of hydrogen-bond acceptors (Lipinski definition) is 5. The third-order valence-electron chi connectivity index (χ3n) is 3.42. The van der Waals surface area contributed by atoms with Gasteiger partial charge in [0.15, 0.2) is 0 Å². The summed E-state index contributed by atoms with van der Waals surface area (Å²) in [7, 11) is 1.76. The van der Waals surface area contributed by atoms with Crippen LogP contribution < -0.4 is 4.90 Å². The Hall–Kier alpha value is -1.63. The molecule has 0 aromatic carbocycles. The van der Waals surface area contributed by atoms with Crippen molar-refractivity contribution in [3.63, 3.8) is 0 Å². The maximum Gasteiger partial charge on any atom is 0.406 e. The lowest BCUT2D eigenvalue weighted by atomic mass is 9.95. The maximum atomic E-state index is 11.0. The number of nitrogens with zero attached hydrogens (tertiary/aromatic N) is 4. The average Bonchev–Trinajstić information content (AvgIpc) is 2.54. The zero-order chi connectivity index (χ0) is 13.5. The Morgan fingerprint density at radius 2 is 2.22 bits per heavy atom. The maximum absolute atomic E-state index is 11.0. The standard InChI is InChI=1S/C11H18N4O3/c1-8-12-9(15(17)18)10(13(8)3)14-6-4-5-11(2,16)7-14/h16H,4-7H2,1-3H3. The molecular formula is C11H18N4O3. The van der Waals surface area contributed by atoms with Crippen LogP contribution in [0.15, 0.2) is 0 Å². The van der Waals surface area contributed by atoms with Crippen molar-refractivity contribution in [1.82, 2.24) is 9.55 Å². The van der Waals surface area contributed by atoms with Gasteiger partial charge in [0.2, 0.25) is 11.6 Å². The predicted octanol–water partition coefficient (Wildman–Crippen LogP) is 0.988. The van der Waals surface area contributed by atoms with Crippen molar-refractivity contribution in [2.24, 2.45) is 7.05 Å². The van der Waals surface area contributed by atoms with Crippen LogP contribution in [0.2, 0.25) is 0 Å². The first-order chi connectivity index (χ1) is 8.32. The number of hydrogen-bond donors (Lipinski definition) is 1. The van der Waals surface area contributed by atoms with Gasteiger partial charge in [0.05, 0.1) is 5.60 Å². The van der Waals surface area contributed by atoms with E-state index in [0.717, 1.165) is 6.42 Å². The largest absolute Gasteiger partial charge is 0.406 e. The summed E-state index contributed by atoms with van der Waals surface area (Å²) in [5.41, 5.74) is -0.801. The molecule has 1 atom stereocenters. The summed E-state index contributed by atoms with van der Waals surface area (Å²) >= 11 is 0. The fourth-order valence-electron chi connectivity index (χ4n) is 2.46. The normalized spacial score (nSPS) is 24.3. The quantitative estimate of drug-likeness (QED) is 0.628. The van der Waals surface area contributed by atoms with E-state index in [4.69, 9.17) is 0 Å². The first kappa shape index (κ1) is 12.8. The van der Waals surface area contributed by atoms with Gasteiger partial charge in [0.25, 0.3) is 0 Å². The van der Waals surface area contributed by atoms with E-state index in [1.54, 1.807) is 25.5 Å². The van der Waals surface area contributed by atoms with Crippen molar-refractivity contribution in [1.29, 1.82) is 0 Å². The molecule has 1 fully saturated rings. The van der Waals surface area contributed by atoms with E-state index < -0.39 is 10.5 Å². The minimum Gasteiger partial charge on any atom is -0.388 e. The molecule has 1 N–H and O–H groups in total. The second kappa shape index (κ2) is 4.24. The molecule has 0 spiro atoms. The molecule has 0 bridgehead atoms. The molecule has 100 valence electrons. The van der Waals surface area contributed by atoms with E-state index >= 15 is 0 Å². The second-order valence-electron chi connectivity index (χ2n) is 5.14. The Morgan fingerprint density at radius 1 is 1.56 bits per heavy atom. The third kappa shape index (κ3) is 2.17. The highest BCUT2D eigenvalue weighted by atomic mass is 16.6. The number of aliphatic hydroxyl groups is 1. The van der Waals surface area contributed by atoms with Crippen molar-refractivity contribution < 1.29 is 10.0 Å². The van der Waals surface area contributed by atoms with Gasteiger partial charge in [0.1, 0.15) is 0 Å². The van der Waals surface area contributed by atoms with Crippen LogP contribution in [0.1, 0.15) is 25.6 Å². The van der Waals surface area contributed by atoms with Gasteiger partial charge >= 0.3 is 5.82 Å². The van der Waals surface area contributed by atoms with Crippen molar-refractivity contribution in [2.75, 3.05) is 18.0 Å². The molecule has 1 aromatic rings. The zero-order valence-electron chi connectivity index (χ0n) is 10.9. The Balaban J connectivity index is 2.41. The summed E-state index contributed by atoms with van der Waals surface area (Å²) in [5, 5.41) is 21.1. The molecule has 1 unspecified atom stereocenters. The first-order valence-electron chi connectivity index (χ1n) is 5.97. The molecule has 1 aliphatic rings. The van der Waals surface area contributed by atoms with Crippen LogP contribution in [0.4, 0.5) is 11.6 Å². The van der Waals surface area contributed by atoms with Crippen LogP contribution in [0, 0.1) is 17.0 Å². The topological polar surface area (TPSA) is 84.4 Å². The number of rotatable bonds is 2. The smallest absolute Gasteiger partial charge is 0.388 e. The van der Waals surface area contributed by atoms with E-state index in [-0.39, 0.29) is 5.82 Å². The highest BCUT2D eigenvalue weighted by Crippen LogP contribution is 2.32. The molecule has 0 radical (unpaired) electrons. The fourth-order valence-corrected chi connectivity index (χ4v) is 2.46. The summed E-state index contributed by atoms with van der Waals surface area (Å²) in [6, 6.07) is 0. The lowest BCUT2D eigenvalue weighted by molar-refractivity contribution is -0.388. The van der Waals surface area contributed by atoms with Crippen LogP contribution in [0.5, 0.6) is 0 Å². The van der Waals surface area contributed by atoms with Crippen molar-refractivity contribution in [3.8, 4) is 0 Å². The van der Waals surface area contributed by atoms with Gasteiger partial charge in [-0.2, -0.15) is 0 Å². The SMILES string of the molecule is Cc1nc([N+](=O)[O-])c(N2CCCC(C)(O)C2)n1C. The Morgan fingerprint density at radius 3 is 2.78 bits per heavy atom. The zero-order valence-corrected chi connectivity index (χ0v) is 10.9. The monoisotopic (exact) mass is 254 g/mol. The van der Waals surface area contributed by atoms with E-state index in [0.29, 0.717) is 31.2 Å². The Kier molecular flexibility index (Phi) is 3.02. The second-order valence-corrected chi connectivity index (χ2v) is 5.14. The molecule has 2 heterocycles. The van der Waals surface area contributed by atoms with Gasteiger partial charge in [-0.1, -0.05) is 0 Å². The van der Waals surface area contributed by atoms with Crippen LogP contribution in [-0.2, 0) is 7.05 Å². The van der Waals surface area contributed by atoms with Crippen LogP contribution in [0.25, 0.3) is 0 Å².